The van der Waals surface area contributed by atoms with Gasteiger partial charge in [-0.2, -0.15) is 0 Å². The Labute approximate surface area is 292 Å². The molecule has 8 aromatic carbocycles. The van der Waals surface area contributed by atoms with Crippen LogP contribution in [0, 0.1) is 0 Å². The second kappa shape index (κ2) is 10.1. The smallest absolute Gasteiger partial charge is 0.0547 e. The van der Waals surface area contributed by atoms with Gasteiger partial charge in [0.2, 0.25) is 0 Å². The van der Waals surface area contributed by atoms with Gasteiger partial charge in [-0.15, -0.1) is 0 Å². The first-order valence-electron chi connectivity index (χ1n) is 17.9. The summed E-state index contributed by atoms with van der Waals surface area (Å²) >= 11 is 0. The van der Waals surface area contributed by atoms with E-state index >= 15 is 0 Å². The van der Waals surface area contributed by atoms with Crippen LogP contribution >= 0.6 is 0 Å². The summed E-state index contributed by atoms with van der Waals surface area (Å²) in [6, 6.07) is 59.3. The molecule has 1 aromatic heterocycles. The van der Waals surface area contributed by atoms with Crippen LogP contribution in [0.5, 0.6) is 0 Å². The SMILES string of the molecule is CC1(C)c2ccccc2-c2ccc(CC3c4c(ccc5ccccc45)-c4ccc5c(c43)c3c4ccccc4ccc3n5-c3ccccc3)cc21. The van der Waals surface area contributed by atoms with Gasteiger partial charge in [0, 0.05) is 27.8 Å². The molecule has 0 aliphatic heterocycles. The minimum Gasteiger partial charge on any atom is -0.309 e. The van der Waals surface area contributed by atoms with Gasteiger partial charge in [-0.3, -0.25) is 0 Å². The number of benzene rings is 8. The van der Waals surface area contributed by atoms with Gasteiger partial charge in [0.1, 0.15) is 0 Å². The van der Waals surface area contributed by atoms with Gasteiger partial charge < -0.3 is 4.57 Å². The van der Waals surface area contributed by atoms with Crippen LogP contribution < -0.4 is 0 Å². The lowest BCUT2D eigenvalue weighted by Gasteiger charge is -2.23. The fraction of sp³-hybridized carbons (Fsp3) is 0.102. The highest BCUT2D eigenvalue weighted by atomic mass is 15.0. The Bertz CT molecular complexity index is 2870. The van der Waals surface area contributed by atoms with Gasteiger partial charge in [0.15, 0.2) is 0 Å². The van der Waals surface area contributed by atoms with Crippen molar-refractivity contribution in [1.29, 1.82) is 0 Å². The number of para-hydroxylation sites is 1. The Hall–Kier alpha value is -5.92. The molecule has 0 saturated heterocycles. The molecule has 1 nitrogen and oxygen atoms in total. The van der Waals surface area contributed by atoms with E-state index in [1.807, 2.05) is 0 Å². The zero-order valence-electron chi connectivity index (χ0n) is 28.2. The Morgan fingerprint density at radius 2 is 1.08 bits per heavy atom. The highest BCUT2D eigenvalue weighted by Crippen LogP contribution is 2.55. The molecule has 236 valence electrons. The third kappa shape index (κ3) is 3.67. The van der Waals surface area contributed by atoms with Gasteiger partial charge in [0.25, 0.3) is 0 Å². The van der Waals surface area contributed by atoms with Crippen LogP contribution in [0.1, 0.15) is 47.6 Å². The van der Waals surface area contributed by atoms with E-state index in [1.165, 1.54) is 99.1 Å². The van der Waals surface area contributed by atoms with Crippen molar-refractivity contribution in [3.8, 4) is 27.9 Å². The maximum Gasteiger partial charge on any atom is 0.0547 e. The van der Waals surface area contributed by atoms with Crippen LogP contribution in [0.2, 0.25) is 0 Å². The Balaban J connectivity index is 1.22. The molecule has 50 heavy (non-hydrogen) atoms. The molecule has 1 heterocycles. The summed E-state index contributed by atoms with van der Waals surface area (Å²) in [5.74, 6) is 0.202. The highest BCUT2D eigenvalue weighted by Gasteiger charge is 2.37. The highest BCUT2D eigenvalue weighted by molar-refractivity contribution is 6.24. The predicted molar refractivity (Wildman–Crippen MR) is 211 cm³/mol. The molecule has 2 aliphatic rings. The molecule has 1 unspecified atom stereocenters. The minimum absolute atomic E-state index is 0.0323. The molecule has 0 fully saturated rings. The quantitative estimate of drug-likeness (QED) is 0.182. The van der Waals surface area contributed by atoms with Crippen molar-refractivity contribution in [2.24, 2.45) is 0 Å². The van der Waals surface area contributed by atoms with Crippen molar-refractivity contribution in [3.05, 3.63) is 186 Å². The lowest BCUT2D eigenvalue weighted by Crippen LogP contribution is -2.15. The van der Waals surface area contributed by atoms with E-state index in [0.29, 0.717) is 0 Å². The first kappa shape index (κ1) is 28.0. The normalized spacial score (nSPS) is 15.4. The number of fused-ring (bicyclic) bond motifs is 14. The average Bonchev–Trinajstić information content (AvgIpc) is 3.75. The molecule has 0 amide bonds. The molecular weight excluding hydrogens is 603 g/mol. The molecule has 11 rings (SSSR count). The molecule has 0 spiro atoms. The topological polar surface area (TPSA) is 4.93 Å². The minimum atomic E-state index is -0.0323. The summed E-state index contributed by atoms with van der Waals surface area (Å²) in [6.07, 6.45) is 0.940. The first-order chi connectivity index (χ1) is 24.6. The molecule has 0 bridgehead atoms. The largest absolute Gasteiger partial charge is 0.309 e. The fourth-order valence-electron chi connectivity index (χ4n) is 9.72. The van der Waals surface area contributed by atoms with E-state index in [9.17, 15) is 0 Å². The second-order valence-corrected chi connectivity index (χ2v) is 14.8. The summed E-state index contributed by atoms with van der Waals surface area (Å²) in [4.78, 5) is 0. The zero-order chi connectivity index (χ0) is 33.1. The van der Waals surface area contributed by atoms with Crippen LogP contribution in [-0.4, -0.2) is 4.57 Å². The second-order valence-electron chi connectivity index (χ2n) is 14.8. The first-order valence-corrected chi connectivity index (χ1v) is 17.9. The van der Waals surface area contributed by atoms with E-state index in [0.717, 1.165) is 6.42 Å². The lowest BCUT2D eigenvalue weighted by atomic mass is 9.80. The van der Waals surface area contributed by atoms with E-state index < -0.39 is 0 Å². The molecule has 0 N–H and O–H groups in total. The summed E-state index contributed by atoms with van der Waals surface area (Å²) in [6.45, 7) is 4.78. The van der Waals surface area contributed by atoms with Crippen LogP contribution in [0.15, 0.2) is 158 Å². The number of hydrogen-bond donors (Lipinski definition) is 0. The summed E-state index contributed by atoms with van der Waals surface area (Å²) in [5, 5.41) is 8.01. The summed E-state index contributed by atoms with van der Waals surface area (Å²) < 4.78 is 2.49. The molecule has 1 heteroatoms. The summed E-state index contributed by atoms with van der Waals surface area (Å²) in [7, 11) is 0. The van der Waals surface area contributed by atoms with Crippen molar-refractivity contribution in [3.63, 3.8) is 0 Å². The van der Waals surface area contributed by atoms with E-state index in [1.54, 1.807) is 0 Å². The van der Waals surface area contributed by atoms with Gasteiger partial charge in [0.05, 0.1) is 11.0 Å². The van der Waals surface area contributed by atoms with Crippen molar-refractivity contribution in [2.75, 3.05) is 0 Å². The fourth-order valence-corrected chi connectivity index (χ4v) is 9.72. The third-order valence-electron chi connectivity index (χ3n) is 11.9. The maximum absolute atomic E-state index is 2.53. The molecule has 0 saturated carbocycles. The number of nitrogens with zero attached hydrogens (tertiary/aromatic N) is 1. The third-order valence-corrected chi connectivity index (χ3v) is 11.9. The zero-order valence-corrected chi connectivity index (χ0v) is 28.2. The van der Waals surface area contributed by atoms with Gasteiger partial charge in [-0.25, -0.2) is 0 Å². The van der Waals surface area contributed by atoms with Crippen molar-refractivity contribution >= 4 is 43.4 Å². The van der Waals surface area contributed by atoms with Crippen molar-refractivity contribution in [1.82, 2.24) is 4.57 Å². The predicted octanol–water partition coefficient (Wildman–Crippen LogP) is 12.8. The van der Waals surface area contributed by atoms with E-state index in [2.05, 4.69) is 176 Å². The summed E-state index contributed by atoms with van der Waals surface area (Å²) in [5.41, 5.74) is 16.4. The van der Waals surface area contributed by atoms with Gasteiger partial charge >= 0.3 is 0 Å². The Morgan fingerprint density at radius 1 is 0.480 bits per heavy atom. The number of aromatic nitrogens is 1. The lowest BCUT2D eigenvalue weighted by molar-refractivity contribution is 0.658. The van der Waals surface area contributed by atoms with Crippen LogP contribution in [0.4, 0.5) is 0 Å². The molecular formula is C49H35N. The standard InChI is InChI=1S/C49H35N/c1-49(2)41-19-11-10-18-36(41)37-23-20-30(29-42(37)49)28-40-45-34-16-8-6-12-31(34)21-24-38(45)39-25-27-44-48(46(39)40)47-35-17-9-7-13-32(35)22-26-43(47)50(44)33-14-4-3-5-15-33/h3-27,29,40H,28H2,1-2H3. The Morgan fingerprint density at radius 3 is 1.94 bits per heavy atom. The Kier molecular flexibility index (Phi) is 5.63. The molecule has 9 aromatic rings. The van der Waals surface area contributed by atoms with Gasteiger partial charge in [-0.1, -0.05) is 147 Å². The molecule has 2 aliphatic carbocycles. The van der Waals surface area contributed by atoms with Crippen LogP contribution in [-0.2, 0) is 11.8 Å². The van der Waals surface area contributed by atoms with Crippen LogP contribution in [0.3, 0.4) is 0 Å². The average molecular weight is 638 g/mol. The number of rotatable bonds is 3. The monoisotopic (exact) mass is 637 g/mol. The molecule has 1 atom stereocenters. The van der Waals surface area contributed by atoms with E-state index in [-0.39, 0.29) is 11.3 Å². The molecule has 0 radical (unpaired) electrons. The van der Waals surface area contributed by atoms with E-state index in [4.69, 9.17) is 0 Å². The van der Waals surface area contributed by atoms with Crippen LogP contribution in [0.25, 0.3) is 71.3 Å². The maximum atomic E-state index is 2.53. The number of hydrogen-bond acceptors (Lipinski definition) is 0. The van der Waals surface area contributed by atoms with Gasteiger partial charge in [-0.05, 0) is 102 Å². The van der Waals surface area contributed by atoms with Crippen molar-refractivity contribution < 1.29 is 0 Å². The van der Waals surface area contributed by atoms with Crippen molar-refractivity contribution in [2.45, 2.75) is 31.6 Å².